The molecule has 2 aromatic carbocycles. The quantitative estimate of drug-likeness (QED) is 0.889. The molecule has 3 atom stereocenters. The van der Waals surface area contributed by atoms with E-state index in [1.165, 1.54) is 18.2 Å². The first-order valence-corrected chi connectivity index (χ1v) is 10.0. The average Bonchev–Trinajstić information content (AvgIpc) is 3.35. The van der Waals surface area contributed by atoms with E-state index in [4.69, 9.17) is 0 Å². The van der Waals surface area contributed by atoms with Gasteiger partial charge in [-0.3, -0.25) is 4.79 Å². The Morgan fingerprint density at radius 1 is 1.16 bits per heavy atom. The van der Waals surface area contributed by atoms with E-state index >= 15 is 0 Å². The van der Waals surface area contributed by atoms with Crippen molar-refractivity contribution in [1.29, 1.82) is 0 Å². The Labute approximate surface area is 147 Å². The normalized spacial score (nSPS) is 20.8. The first kappa shape index (κ1) is 17.6. The highest BCUT2D eigenvalue weighted by Gasteiger charge is 2.45. The molecule has 6 heteroatoms. The van der Waals surface area contributed by atoms with Gasteiger partial charge >= 0.3 is 0 Å². The molecule has 2 aromatic rings. The molecule has 0 bridgehead atoms. The van der Waals surface area contributed by atoms with Gasteiger partial charge in [0.05, 0.1) is 10.9 Å². The molecular formula is C19H20FNO3S. The van der Waals surface area contributed by atoms with Crippen LogP contribution < -0.4 is 5.32 Å². The molecule has 1 N–H and O–H groups in total. The molecular weight excluding hydrogens is 341 g/mol. The van der Waals surface area contributed by atoms with Crippen molar-refractivity contribution in [1.82, 2.24) is 5.32 Å². The van der Waals surface area contributed by atoms with Gasteiger partial charge in [-0.05, 0) is 48.6 Å². The minimum Gasteiger partial charge on any atom is -0.349 e. The largest absolute Gasteiger partial charge is 0.349 e. The lowest BCUT2D eigenvalue weighted by atomic mass is 10.1. The fourth-order valence-corrected chi connectivity index (χ4v) is 3.64. The van der Waals surface area contributed by atoms with E-state index in [0.717, 1.165) is 11.8 Å². The number of halogens is 1. The molecule has 3 unspecified atom stereocenters. The minimum atomic E-state index is -3.24. The first-order chi connectivity index (χ1) is 11.8. The Morgan fingerprint density at radius 2 is 1.80 bits per heavy atom. The summed E-state index contributed by atoms with van der Waals surface area (Å²) in [6, 6.07) is 12.8. The number of rotatable bonds is 5. The van der Waals surface area contributed by atoms with Crippen LogP contribution in [0, 0.1) is 11.7 Å². The predicted molar refractivity (Wildman–Crippen MR) is 93.4 cm³/mol. The van der Waals surface area contributed by atoms with Gasteiger partial charge in [-0.1, -0.05) is 30.3 Å². The van der Waals surface area contributed by atoms with Crippen molar-refractivity contribution in [3.63, 3.8) is 0 Å². The van der Waals surface area contributed by atoms with E-state index < -0.39 is 9.84 Å². The van der Waals surface area contributed by atoms with Crippen LogP contribution in [0.4, 0.5) is 4.39 Å². The lowest BCUT2D eigenvalue weighted by Gasteiger charge is -2.15. The number of amides is 1. The number of carbonyl (C=O) groups excluding carboxylic acids is 1. The molecule has 25 heavy (non-hydrogen) atoms. The smallest absolute Gasteiger partial charge is 0.224 e. The van der Waals surface area contributed by atoms with Gasteiger partial charge in [0, 0.05) is 12.2 Å². The first-order valence-electron chi connectivity index (χ1n) is 8.12. The van der Waals surface area contributed by atoms with Gasteiger partial charge in [-0.2, -0.15) is 0 Å². The standard InChI is InChI=1S/C19H20FNO3S/c1-12(13-7-9-14(10-8-13)25(2,23)24)21-19(22)17-11-16(17)15-5-3-4-6-18(15)20/h3-10,12,16-17H,11H2,1-2H3,(H,21,22). The highest BCUT2D eigenvalue weighted by atomic mass is 32.2. The highest BCUT2D eigenvalue weighted by Crippen LogP contribution is 2.48. The number of benzene rings is 2. The maximum Gasteiger partial charge on any atom is 0.224 e. The van der Waals surface area contributed by atoms with Crippen LogP contribution >= 0.6 is 0 Å². The zero-order valence-electron chi connectivity index (χ0n) is 14.1. The monoisotopic (exact) mass is 361 g/mol. The minimum absolute atomic E-state index is 0.0685. The van der Waals surface area contributed by atoms with Crippen LogP contribution in [0.5, 0.6) is 0 Å². The van der Waals surface area contributed by atoms with Crippen LogP contribution in [0.1, 0.15) is 36.4 Å². The van der Waals surface area contributed by atoms with E-state index in [0.29, 0.717) is 12.0 Å². The second-order valence-corrected chi connectivity index (χ2v) is 8.56. The molecule has 1 aliphatic carbocycles. The molecule has 4 nitrogen and oxygen atoms in total. The molecule has 0 spiro atoms. The van der Waals surface area contributed by atoms with Gasteiger partial charge in [0.25, 0.3) is 0 Å². The summed E-state index contributed by atoms with van der Waals surface area (Å²) in [5.74, 6) is -0.657. The van der Waals surface area contributed by atoms with Crippen molar-refractivity contribution >= 4 is 15.7 Å². The van der Waals surface area contributed by atoms with Gasteiger partial charge in [0.15, 0.2) is 9.84 Å². The van der Waals surface area contributed by atoms with E-state index in [1.807, 2.05) is 6.92 Å². The van der Waals surface area contributed by atoms with Gasteiger partial charge < -0.3 is 5.32 Å². The third-order valence-corrected chi connectivity index (χ3v) is 5.73. The summed E-state index contributed by atoms with van der Waals surface area (Å²) in [6.45, 7) is 1.84. The Bertz CT molecular complexity index is 893. The summed E-state index contributed by atoms with van der Waals surface area (Å²) < 4.78 is 36.8. The molecule has 0 saturated heterocycles. The zero-order valence-corrected chi connectivity index (χ0v) is 14.9. The van der Waals surface area contributed by atoms with Crippen LogP contribution in [0.3, 0.4) is 0 Å². The second-order valence-electron chi connectivity index (χ2n) is 6.54. The molecule has 3 rings (SSSR count). The van der Waals surface area contributed by atoms with E-state index in [-0.39, 0.29) is 34.5 Å². The summed E-state index contributed by atoms with van der Waals surface area (Å²) in [4.78, 5) is 12.6. The highest BCUT2D eigenvalue weighted by molar-refractivity contribution is 7.90. The molecule has 132 valence electrons. The van der Waals surface area contributed by atoms with E-state index in [2.05, 4.69) is 5.32 Å². The van der Waals surface area contributed by atoms with E-state index in [9.17, 15) is 17.6 Å². The Balaban J connectivity index is 1.63. The molecule has 1 saturated carbocycles. The topological polar surface area (TPSA) is 63.2 Å². The average molecular weight is 361 g/mol. The molecule has 0 heterocycles. The van der Waals surface area contributed by atoms with Gasteiger partial charge in [0.2, 0.25) is 5.91 Å². The Morgan fingerprint density at radius 3 is 2.40 bits per heavy atom. The third kappa shape index (κ3) is 3.90. The van der Waals surface area contributed by atoms with Gasteiger partial charge in [-0.25, -0.2) is 12.8 Å². The van der Waals surface area contributed by atoms with Crippen molar-refractivity contribution < 1.29 is 17.6 Å². The fourth-order valence-electron chi connectivity index (χ4n) is 3.01. The van der Waals surface area contributed by atoms with Crippen LogP contribution in [0.15, 0.2) is 53.4 Å². The predicted octanol–water partition coefficient (Wildman–Crippen LogP) is 3.21. The summed E-state index contributed by atoms with van der Waals surface area (Å²) in [5.41, 5.74) is 1.41. The van der Waals surface area contributed by atoms with Gasteiger partial charge in [0.1, 0.15) is 5.82 Å². The molecule has 0 radical (unpaired) electrons. The Kier molecular flexibility index (Phi) is 4.64. The van der Waals surface area contributed by atoms with Crippen LogP contribution in [-0.2, 0) is 14.6 Å². The number of hydrogen-bond acceptors (Lipinski definition) is 3. The van der Waals surface area contributed by atoms with Crippen LogP contribution in [-0.4, -0.2) is 20.6 Å². The zero-order chi connectivity index (χ0) is 18.2. The van der Waals surface area contributed by atoms with Gasteiger partial charge in [-0.15, -0.1) is 0 Å². The van der Waals surface area contributed by atoms with Crippen molar-refractivity contribution in [2.45, 2.75) is 30.2 Å². The molecule has 1 aliphatic rings. The van der Waals surface area contributed by atoms with Crippen LogP contribution in [0.25, 0.3) is 0 Å². The fraction of sp³-hybridized carbons (Fsp3) is 0.316. The SMILES string of the molecule is CC(NC(=O)C1CC1c1ccccc1F)c1ccc(S(C)(=O)=O)cc1. The summed E-state index contributed by atoms with van der Waals surface area (Å²) >= 11 is 0. The summed E-state index contributed by atoms with van der Waals surface area (Å²) in [5, 5.41) is 2.92. The number of nitrogens with one attached hydrogen (secondary N) is 1. The third-order valence-electron chi connectivity index (χ3n) is 4.60. The number of hydrogen-bond donors (Lipinski definition) is 1. The maximum absolute atomic E-state index is 13.8. The number of sulfone groups is 1. The molecule has 1 amide bonds. The maximum atomic E-state index is 13.8. The van der Waals surface area contributed by atoms with Crippen molar-refractivity contribution in [3.8, 4) is 0 Å². The molecule has 0 aromatic heterocycles. The lowest BCUT2D eigenvalue weighted by Crippen LogP contribution is -2.28. The number of carbonyl (C=O) groups is 1. The molecule has 0 aliphatic heterocycles. The second kappa shape index (κ2) is 6.59. The van der Waals surface area contributed by atoms with Crippen molar-refractivity contribution in [2.24, 2.45) is 5.92 Å². The summed E-state index contributed by atoms with van der Waals surface area (Å²) in [6.07, 6.45) is 1.80. The van der Waals surface area contributed by atoms with E-state index in [1.54, 1.807) is 30.3 Å². The Hall–Kier alpha value is -2.21. The van der Waals surface area contributed by atoms with Crippen molar-refractivity contribution in [3.05, 3.63) is 65.5 Å². The van der Waals surface area contributed by atoms with Crippen LogP contribution in [0.2, 0.25) is 0 Å². The van der Waals surface area contributed by atoms with Crippen molar-refractivity contribution in [2.75, 3.05) is 6.26 Å². The lowest BCUT2D eigenvalue weighted by molar-refractivity contribution is -0.123. The summed E-state index contributed by atoms with van der Waals surface area (Å²) in [7, 11) is -3.24. The molecule has 1 fully saturated rings.